The number of carbonyl (C=O) groups excluding carboxylic acids is 1. The molecule has 0 radical (unpaired) electrons. The largest absolute Gasteiger partial charge is 0.416 e. The lowest BCUT2D eigenvalue weighted by Crippen LogP contribution is -2.17. The third kappa shape index (κ3) is 5.58. The first kappa shape index (κ1) is 25.0. The van der Waals surface area contributed by atoms with E-state index in [0.29, 0.717) is 11.3 Å². The molecule has 0 saturated carbocycles. The lowest BCUT2D eigenvalue weighted by atomic mass is 10.0. The lowest BCUT2D eigenvalue weighted by molar-refractivity contribution is -0.137. The number of nitrogens with one attached hydrogen (secondary N) is 2. The van der Waals surface area contributed by atoms with Gasteiger partial charge in [0.05, 0.1) is 10.5 Å². The number of sulfonamides is 1. The summed E-state index contributed by atoms with van der Waals surface area (Å²) < 4.78 is 66.7. The zero-order valence-electron chi connectivity index (χ0n) is 19.0. The van der Waals surface area contributed by atoms with Crippen molar-refractivity contribution in [3.05, 3.63) is 114 Å². The standard InChI is InChI=1S/C27H21F3N2O3S/c1-18-11-12-20(26(33)31-24-10-6-5-9-23(24)19-7-3-2-4-8-19)17-25(18)36(34,35)32-22-15-13-21(14-16-22)27(28,29)30/h2-17,32H,1H3,(H,31,33). The van der Waals surface area contributed by atoms with E-state index in [4.69, 9.17) is 0 Å². The van der Waals surface area contributed by atoms with Crippen molar-refractivity contribution in [2.75, 3.05) is 10.0 Å². The van der Waals surface area contributed by atoms with Crippen molar-refractivity contribution in [1.29, 1.82) is 0 Å². The number of carbonyl (C=O) groups is 1. The first-order valence-electron chi connectivity index (χ1n) is 10.8. The lowest BCUT2D eigenvalue weighted by Gasteiger charge is -2.14. The molecule has 0 spiro atoms. The summed E-state index contributed by atoms with van der Waals surface area (Å²) in [6.45, 7) is 1.56. The molecule has 9 heteroatoms. The minimum atomic E-state index is -4.53. The first-order chi connectivity index (χ1) is 17.0. The van der Waals surface area contributed by atoms with Crippen LogP contribution >= 0.6 is 0 Å². The fourth-order valence-corrected chi connectivity index (χ4v) is 4.95. The minimum absolute atomic E-state index is 0.0333. The number of amides is 1. The van der Waals surface area contributed by atoms with Crippen molar-refractivity contribution >= 4 is 27.3 Å². The van der Waals surface area contributed by atoms with E-state index in [2.05, 4.69) is 10.0 Å². The van der Waals surface area contributed by atoms with Crippen LogP contribution in [-0.2, 0) is 16.2 Å². The van der Waals surface area contributed by atoms with E-state index >= 15 is 0 Å². The number of anilines is 2. The Hall–Kier alpha value is -4.11. The fraction of sp³-hybridized carbons (Fsp3) is 0.0741. The van der Waals surface area contributed by atoms with Gasteiger partial charge in [-0.1, -0.05) is 54.6 Å². The Balaban J connectivity index is 1.59. The molecule has 0 saturated heterocycles. The number of hydrogen-bond donors (Lipinski definition) is 2. The third-order valence-corrected chi connectivity index (χ3v) is 6.99. The maximum Gasteiger partial charge on any atom is 0.416 e. The average molecular weight is 511 g/mol. The molecule has 0 aromatic heterocycles. The summed E-state index contributed by atoms with van der Waals surface area (Å²) >= 11 is 0. The number of aryl methyl sites for hydroxylation is 1. The van der Waals surface area contributed by atoms with Gasteiger partial charge in [-0.05, 0) is 60.5 Å². The van der Waals surface area contributed by atoms with Gasteiger partial charge in [-0.25, -0.2) is 8.42 Å². The molecule has 0 atom stereocenters. The van der Waals surface area contributed by atoms with Crippen LogP contribution in [0.5, 0.6) is 0 Å². The molecular formula is C27H21F3N2O3S. The molecule has 1 amide bonds. The maximum absolute atomic E-state index is 13.0. The van der Waals surface area contributed by atoms with Gasteiger partial charge in [0, 0.05) is 22.5 Å². The van der Waals surface area contributed by atoms with E-state index in [9.17, 15) is 26.4 Å². The van der Waals surface area contributed by atoms with Crippen LogP contribution in [0.1, 0.15) is 21.5 Å². The summed E-state index contributed by atoms with van der Waals surface area (Å²) in [5, 5.41) is 2.83. The van der Waals surface area contributed by atoms with Crippen LogP contribution in [0.15, 0.2) is 102 Å². The topological polar surface area (TPSA) is 75.3 Å². The summed E-state index contributed by atoms with van der Waals surface area (Å²) in [6, 6.07) is 24.6. The molecule has 4 aromatic rings. The minimum Gasteiger partial charge on any atom is -0.321 e. The van der Waals surface area contributed by atoms with Crippen LogP contribution < -0.4 is 10.0 Å². The molecule has 5 nitrogen and oxygen atoms in total. The summed E-state index contributed by atoms with van der Waals surface area (Å²) in [5.74, 6) is -0.510. The van der Waals surface area contributed by atoms with Gasteiger partial charge in [0.2, 0.25) is 0 Å². The summed E-state index contributed by atoms with van der Waals surface area (Å²) in [6.07, 6.45) is -4.53. The Kier molecular flexibility index (Phi) is 6.85. The van der Waals surface area contributed by atoms with Crippen molar-refractivity contribution < 1.29 is 26.4 Å². The second-order valence-electron chi connectivity index (χ2n) is 8.03. The van der Waals surface area contributed by atoms with Gasteiger partial charge < -0.3 is 5.32 Å². The zero-order valence-corrected chi connectivity index (χ0v) is 19.8. The van der Waals surface area contributed by atoms with E-state index < -0.39 is 27.7 Å². The molecule has 36 heavy (non-hydrogen) atoms. The fourth-order valence-electron chi connectivity index (χ4n) is 3.62. The van der Waals surface area contributed by atoms with Crippen molar-refractivity contribution in [2.24, 2.45) is 0 Å². The van der Waals surface area contributed by atoms with Crippen LogP contribution in [0.3, 0.4) is 0 Å². The number of benzene rings is 4. The molecular weight excluding hydrogens is 489 g/mol. The Labute approximate surface area is 206 Å². The van der Waals surface area contributed by atoms with Crippen molar-refractivity contribution in [3.63, 3.8) is 0 Å². The normalized spacial score (nSPS) is 11.7. The van der Waals surface area contributed by atoms with Crippen molar-refractivity contribution in [2.45, 2.75) is 18.0 Å². The molecule has 184 valence electrons. The molecule has 0 heterocycles. The highest BCUT2D eigenvalue weighted by Crippen LogP contribution is 2.31. The number of halogens is 3. The highest BCUT2D eigenvalue weighted by molar-refractivity contribution is 7.92. The predicted octanol–water partition coefficient (Wildman–Crippen LogP) is 6.73. The van der Waals surface area contributed by atoms with Crippen LogP contribution in [0, 0.1) is 6.92 Å². The Morgan fingerprint density at radius 1 is 0.806 bits per heavy atom. The van der Waals surface area contributed by atoms with Crippen LogP contribution in [0.4, 0.5) is 24.5 Å². The summed E-state index contributed by atoms with van der Waals surface area (Å²) in [4.78, 5) is 12.9. The van der Waals surface area contributed by atoms with E-state index in [1.54, 1.807) is 19.1 Å². The molecule has 0 unspecified atom stereocenters. The van der Waals surface area contributed by atoms with Gasteiger partial charge in [0.25, 0.3) is 15.9 Å². The molecule has 0 fully saturated rings. The van der Waals surface area contributed by atoms with Crippen molar-refractivity contribution in [3.8, 4) is 11.1 Å². The monoisotopic (exact) mass is 510 g/mol. The highest BCUT2D eigenvalue weighted by atomic mass is 32.2. The van der Waals surface area contributed by atoms with E-state index in [1.165, 1.54) is 18.2 Å². The second-order valence-corrected chi connectivity index (χ2v) is 9.68. The average Bonchev–Trinajstić information content (AvgIpc) is 2.84. The van der Waals surface area contributed by atoms with Crippen LogP contribution in [-0.4, -0.2) is 14.3 Å². The zero-order chi connectivity index (χ0) is 25.9. The Morgan fingerprint density at radius 3 is 2.11 bits per heavy atom. The van der Waals surface area contributed by atoms with Gasteiger partial charge in [-0.2, -0.15) is 13.2 Å². The molecule has 0 aliphatic heterocycles. The molecule has 2 N–H and O–H groups in total. The number of para-hydroxylation sites is 1. The maximum atomic E-state index is 13.0. The Bertz CT molecular complexity index is 1500. The number of rotatable bonds is 6. The van der Waals surface area contributed by atoms with Gasteiger partial charge in [-0.3, -0.25) is 9.52 Å². The van der Waals surface area contributed by atoms with Gasteiger partial charge in [-0.15, -0.1) is 0 Å². The highest BCUT2D eigenvalue weighted by Gasteiger charge is 2.30. The molecule has 4 aromatic carbocycles. The van der Waals surface area contributed by atoms with Crippen LogP contribution in [0.2, 0.25) is 0 Å². The first-order valence-corrected chi connectivity index (χ1v) is 12.3. The van der Waals surface area contributed by atoms with E-state index in [1.807, 2.05) is 42.5 Å². The molecule has 0 aliphatic rings. The second kappa shape index (κ2) is 9.87. The molecule has 0 aliphatic carbocycles. The molecule has 0 bridgehead atoms. The summed E-state index contributed by atoms with van der Waals surface area (Å²) in [7, 11) is -4.18. The molecule has 4 rings (SSSR count). The predicted molar refractivity (Wildman–Crippen MR) is 133 cm³/mol. The third-order valence-electron chi connectivity index (χ3n) is 5.46. The smallest absolute Gasteiger partial charge is 0.321 e. The van der Waals surface area contributed by atoms with Gasteiger partial charge in [0.1, 0.15) is 0 Å². The van der Waals surface area contributed by atoms with Gasteiger partial charge >= 0.3 is 6.18 Å². The summed E-state index contributed by atoms with van der Waals surface area (Å²) in [5.41, 5.74) is 1.82. The van der Waals surface area contributed by atoms with Crippen molar-refractivity contribution in [1.82, 2.24) is 0 Å². The van der Waals surface area contributed by atoms with E-state index in [0.717, 1.165) is 35.4 Å². The number of hydrogen-bond acceptors (Lipinski definition) is 3. The number of alkyl halides is 3. The van der Waals surface area contributed by atoms with Gasteiger partial charge in [0.15, 0.2) is 0 Å². The Morgan fingerprint density at radius 2 is 1.44 bits per heavy atom. The quantitative estimate of drug-likeness (QED) is 0.302. The van der Waals surface area contributed by atoms with E-state index in [-0.39, 0.29) is 16.1 Å². The van der Waals surface area contributed by atoms with Crippen LogP contribution in [0.25, 0.3) is 11.1 Å². The SMILES string of the molecule is Cc1ccc(C(=O)Nc2ccccc2-c2ccccc2)cc1S(=O)(=O)Nc1ccc(C(F)(F)F)cc1.